The smallest absolute Gasteiger partial charge is 0.303 e. The Labute approximate surface area is 423 Å². The van der Waals surface area contributed by atoms with Crippen molar-refractivity contribution in [2.75, 3.05) is 39.3 Å². The van der Waals surface area contributed by atoms with Gasteiger partial charge in [0.2, 0.25) is 17.7 Å². The van der Waals surface area contributed by atoms with Crippen molar-refractivity contribution in [2.45, 2.75) is 97.9 Å². The molecule has 0 fully saturated rings. The van der Waals surface area contributed by atoms with Crippen LogP contribution in [0.25, 0.3) is 0 Å². The van der Waals surface area contributed by atoms with Crippen LogP contribution >= 0.6 is 0 Å². The molecule has 0 unspecified atom stereocenters. The molecule has 4 N–H and O–H groups in total. The molecule has 382 valence electrons. The standard InChI is InChI=1S/C57H69N5O10/c1-43-20-17-27-48(44(43)2)56(68)59-35-14-16-37-61(52(64)31-30-51(63)58-34-13-6-15-39-62(53(65)32-33-54(66)67)72-42-47-25-11-5-12-26-47)38-19-36-60-57(69)49-28-18-29-50(70-40-45-21-7-3-8-22-45)55(49)71-41-46-23-9-4-10-24-46/h3-5,7-12,17-18,20-29H,6,13-16,19,30-42H2,1-2H3,(H,58,63)(H,59,68)(H,60,69)(H,66,67). The number of unbranched alkanes of at least 4 members (excludes halogenated alkanes) is 3. The highest BCUT2D eigenvalue weighted by molar-refractivity contribution is 5.98. The largest absolute Gasteiger partial charge is 0.485 e. The van der Waals surface area contributed by atoms with E-state index in [1.54, 1.807) is 29.2 Å². The Hall–Kier alpha value is -7.52. The quantitative estimate of drug-likeness (QED) is 0.0240. The van der Waals surface area contributed by atoms with Gasteiger partial charge in [0.15, 0.2) is 11.5 Å². The van der Waals surface area contributed by atoms with E-state index in [-0.39, 0.29) is 82.2 Å². The summed E-state index contributed by atoms with van der Waals surface area (Å²) in [6.07, 6.45) is 3.06. The van der Waals surface area contributed by atoms with Gasteiger partial charge in [0, 0.05) is 64.1 Å². The number of carboxylic acid groups (broad SMARTS) is 1. The Morgan fingerprint density at radius 1 is 0.486 bits per heavy atom. The molecule has 5 aromatic rings. The first-order valence-electron chi connectivity index (χ1n) is 24.8. The van der Waals surface area contributed by atoms with Crippen LogP contribution in [0.3, 0.4) is 0 Å². The minimum atomic E-state index is -1.06. The first-order chi connectivity index (χ1) is 35.0. The minimum absolute atomic E-state index is 0.00832. The monoisotopic (exact) mass is 984 g/mol. The summed E-state index contributed by atoms with van der Waals surface area (Å²) in [5, 5.41) is 19.2. The molecule has 0 atom stereocenters. The van der Waals surface area contributed by atoms with E-state index < -0.39 is 11.9 Å². The van der Waals surface area contributed by atoms with Crippen molar-refractivity contribution >= 4 is 35.5 Å². The second kappa shape index (κ2) is 31.0. The third-order valence-electron chi connectivity index (χ3n) is 11.9. The van der Waals surface area contributed by atoms with Gasteiger partial charge in [-0.05, 0) is 98.4 Å². The summed E-state index contributed by atoms with van der Waals surface area (Å²) >= 11 is 0. The number of carboxylic acids is 1. The Morgan fingerprint density at radius 2 is 1.01 bits per heavy atom. The van der Waals surface area contributed by atoms with Crippen molar-refractivity contribution in [1.29, 1.82) is 0 Å². The zero-order valence-corrected chi connectivity index (χ0v) is 41.6. The Bertz CT molecular complexity index is 2490. The molecule has 15 heteroatoms. The van der Waals surface area contributed by atoms with Gasteiger partial charge in [0.25, 0.3) is 11.8 Å². The number of para-hydroxylation sites is 1. The SMILES string of the molecule is Cc1cccc(C(=O)NCCCCN(CCCNC(=O)c2cccc(OCc3ccccc3)c2OCc2ccccc2)C(=O)CCC(=O)NCCCCCN(OCc2ccccc2)C(=O)CCC(=O)O)c1C. The number of hydrogen-bond acceptors (Lipinski definition) is 9. The number of aliphatic carboxylic acids is 1. The average Bonchev–Trinajstić information content (AvgIpc) is 3.39. The molecule has 0 saturated carbocycles. The van der Waals surface area contributed by atoms with Crippen molar-refractivity contribution in [3.63, 3.8) is 0 Å². The third-order valence-corrected chi connectivity index (χ3v) is 11.9. The first kappa shape index (κ1) is 55.4. The van der Waals surface area contributed by atoms with Gasteiger partial charge >= 0.3 is 5.97 Å². The number of ether oxygens (including phenoxy) is 2. The van der Waals surface area contributed by atoms with E-state index in [1.165, 1.54) is 5.06 Å². The minimum Gasteiger partial charge on any atom is -0.485 e. The summed E-state index contributed by atoms with van der Waals surface area (Å²) in [4.78, 5) is 84.6. The maximum absolute atomic E-state index is 13.8. The lowest BCUT2D eigenvalue weighted by molar-refractivity contribution is -0.192. The van der Waals surface area contributed by atoms with E-state index in [0.29, 0.717) is 87.3 Å². The summed E-state index contributed by atoms with van der Waals surface area (Å²) in [5.41, 5.74) is 5.68. The van der Waals surface area contributed by atoms with Gasteiger partial charge in [0.05, 0.1) is 12.0 Å². The van der Waals surface area contributed by atoms with Gasteiger partial charge in [-0.25, -0.2) is 5.06 Å². The maximum atomic E-state index is 13.8. The highest BCUT2D eigenvalue weighted by Gasteiger charge is 2.21. The van der Waals surface area contributed by atoms with Gasteiger partial charge in [-0.3, -0.25) is 33.6 Å². The number of aryl methyl sites for hydroxylation is 1. The van der Waals surface area contributed by atoms with Crippen molar-refractivity contribution < 1.29 is 48.2 Å². The van der Waals surface area contributed by atoms with Crippen LogP contribution in [0.1, 0.15) is 113 Å². The van der Waals surface area contributed by atoms with E-state index in [9.17, 15) is 28.8 Å². The molecule has 0 spiro atoms. The lowest BCUT2D eigenvalue weighted by Crippen LogP contribution is -2.36. The number of rotatable bonds is 32. The van der Waals surface area contributed by atoms with Crippen LogP contribution in [0.5, 0.6) is 11.5 Å². The molecule has 0 bridgehead atoms. The molecule has 0 aliphatic rings. The summed E-state index contributed by atoms with van der Waals surface area (Å²) in [6, 6.07) is 39.6. The molecule has 0 radical (unpaired) electrons. The lowest BCUT2D eigenvalue weighted by Gasteiger charge is -2.23. The van der Waals surface area contributed by atoms with Gasteiger partial charge < -0.3 is 35.4 Å². The van der Waals surface area contributed by atoms with Gasteiger partial charge in [-0.2, -0.15) is 0 Å². The van der Waals surface area contributed by atoms with Crippen LogP contribution in [0.4, 0.5) is 0 Å². The number of nitrogens with one attached hydrogen (secondary N) is 3. The Kier molecular flexibility index (Phi) is 23.8. The second-order valence-electron chi connectivity index (χ2n) is 17.4. The molecule has 0 aromatic heterocycles. The fraction of sp³-hybridized carbons (Fsp3) is 0.368. The molecular formula is C57H69N5O10. The molecule has 0 saturated heterocycles. The highest BCUT2D eigenvalue weighted by Crippen LogP contribution is 2.33. The summed E-state index contributed by atoms with van der Waals surface area (Å²) < 4.78 is 12.4. The van der Waals surface area contributed by atoms with Gasteiger partial charge in [-0.15, -0.1) is 0 Å². The number of hydroxylamine groups is 2. The summed E-state index contributed by atoms with van der Waals surface area (Å²) in [5.74, 6) is -1.67. The number of amides is 5. The predicted octanol–water partition coefficient (Wildman–Crippen LogP) is 8.51. The zero-order valence-electron chi connectivity index (χ0n) is 41.6. The van der Waals surface area contributed by atoms with Crippen molar-refractivity contribution in [3.8, 4) is 11.5 Å². The topological polar surface area (TPSA) is 193 Å². The van der Waals surface area contributed by atoms with Gasteiger partial charge in [-0.1, -0.05) is 109 Å². The van der Waals surface area contributed by atoms with Crippen LogP contribution in [-0.4, -0.2) is 89.8 Å². The van der Waals surface area contributed by atoms with E-state index in [0.717, 1.165) is 27.8 Å². The molecule has 5 aromatic carbocycles. The number of hydrogen-bond donors (Lipinski definition) is 4. The Morgan fingerprint density at radius 3 is 1.68 bits per heavy atom. The van der Waals surface area contributed by atoms with E-state index in [4.69, 9.17) is 19.4 Å². The molecule has 5 rings (SSSR count). The van der Waals surface area contributed by atoms with Crippen LogP contribution in [0, 0.1) is 13.8 Å². The summed E-state index contributed by atoms with van der Waals surface area (Å²) in [6.45, 7) is 6.64. The second-order valence-corrected chi connectivity index (χ2v) is 17.4. The molecule has 72 heavy (non-hydrogen) atoms. The number of carbonyl (C=O) groups excluding carboxylic acids is 5. The van der Waals surface area contributed by atoms with Crippen LogP contribution in [0.2, 0.25) is 0 Å². The first-order valence-corrected chi connectivity index (χ1v) is 24.8. The van der Waals surface area contributed by atoms with Crippen LogP contribution in [-0.2, 0) is 43.8 Å². The molecule has 0 aliphatic carbocycles. The normalized spacial score (nSPS) is 10.8. The van der Waals surface area contributed by atoms with E-state index in [2.05, 4.69) is 16.0 Å². The number of benzene rings is 5. The summed E-state index contributed by atoms with van der Waals surface area (Å²) in [7, 11) is 0. The van der Waals surface area contributed by atoms with Gasteiger partial charge in [0.1, 0.15) is 19.8 Å². The molecule has 0 aliphatic heterocycles. The van der Waals surface area contributed by atoms with E-state index in [1.807, 2.05) is 117 Å². The fourth-order valence-corrected chi connectivity index (χ4v) is 7.65. The zero-order chi connectivity index (χ0) is 51.3. The average molecular weight is 984 g/mol. The maximum Gasteiger partial charge on any atom is 0.303 e. The number of carbonyl (C=O) groups is 6. The molecular weight excluding hydrogens is 915 g/mol. The predicted molar refractivity (Wildman–Crippen MR) is 275 cm³/mol. The molecule has 0 heterocycles. The van der Waals surface area contributed by atoms with Crippen LogP contribution < -0.4 is 25.4 Å². The van der Waals surface area contributed by atoms with Crippen molar-refractivity contribution in [1.82, 2.24) is 25.9 Å². The van der Waals surface area contributed by atoms with E-state index >= 15 is 0 Å². The van der Waals surface area contributed by atoms with Crippen molar-refractivity contribution in [3.05, 3.63) is 166 Å². The highest BCUT2D eigenvalue weighted by atomic mass is 16.7. The fourth-order valence-electron chi connectivity index (χ4n) is 7.65. The van der Waals surface area contributed by atoms with Crippen LogP contribution in [0.15, 0.2) is 127 Å². The molecule has 15 nitrogen and oxygen atoms in total. The number of nitrogens with zero attached hydrogens (tertiary/aromatic N) is 2. The Balaban J connectivity index is 1.11. The van der Waals surface area contributed by atoms with Crippen molar-refractivity contribution in [2.24, 2.45) is 0 Å². The molecule has 5 amide bonds. The lowest BCUT2D eigenvalue weighted by atomic mass is 10.0. The third kappa shape index (κ3) is 19.7.